The van der Waals surface area contributed by atoms with Gasteiger partial charge in [0.2, 0.25) is 0 Å². The molecule has 2 N–H and O–H groups in total. The van der Waals surface area contributed by atoms with Crippen LogP contribution in [0.1, 0.15) is 5.56 Å². The van der Waals surface area contributed by atoms with Crippen molar-refractivity contribution >= 4 is 22.5 Å². The summed E-state index contributed by atoms with van der Waals surface area (Å²) in [5.74, 6) is 0. The first-order chi connectivity index (χ1) is 6.74. The van der Waals surface area contributed by atoms with Crippen LogP contribution in [0.3, 0.4) is 0 Å². The molecule has 0 fully saturated rings. The van der Waals surface area contributed by atoms with Gasteiger partial charge in [-0.15, -0.1) is 0 Å². The van der Waals surface area contributed by atoms with Crippen molar-refractivity contribution < 1.29 is 0 Å². The third-order valence-corrected chi connectivity index (χ3v) is 2.72. The maximum absolute atomic E-state index is 6.14. The monoisotopic (exact) mass is 209 g/mol. The van der Waals surface area contributed by atoms with Crippen molar-refractivity contribution in [2.24, 2.45) is 12.8 Å². The van der Waals surface area contributed by atoms with Gasteiger partial charge in [-0.3, -0.25) is 4.68 Å². The maximum atomic E-state index is 6.14. The average Bonchev–Trinajstić information content (AvgIpc) is 2.45. The number of halogens is 1. The molecule has 74 valence electrons. The molecule has 0 saturated carbocycles. The lowest BCUT2D eigenvalue weighted by molar-refractivity contribution is 0.780. The number of aromatic nitrogens is 2. The van der Waals surface area contributed by atoms with Gasteiger partial charge >= 0.3 is 0 Å². The first-order valence-electron chi connectivity index (χ1n) is 4.54. The Morgan fingerprint density at radius 3 is 3.00 bits per heavy atom. The van der Waals surface area contributed by atoms with E-state index >= 15 is 0 Å². The van der Waals surface area contributed by atoms with Crippen LogP contribution in [0.2, 0.25) is 5.15 Å². The fraction of sp³-hybridized carbons (Fsp3) is 0.300. The van der Waals surface area contributed by atoms with Gasteiger partial charge in [0.15, 0.2) is 0 Å². The Hall–Kier alpha value is -1.06. The van der Waals surface area contributed by atoms with Crippen LogP contribution in [0.4, 0.5) is 0 Å². The molecule has 3 nitrogen and oxygen atoms in total. The van der Waals surface area contributed by atoms with E-state index in [9.17, 15) is 0 Å². The second-order valence-corrected chi connectivity index (χ2v) is 3.62. The van der Waals surface area contributed by atoms with Crippen LogP contribution in [-0.2, 0) is 13.5 Å². The minimum atomic E-state index is 0.629. The van der Waals surface area contributed by atoms with Crippen LogP contribution in [0, 0.1) is 0 Å². The average molecular weight is 210 g/mol. The van der Waals surface area contributed by atoms with Crippen LogP contribution in [0.25, 0.3) is 10.9 Å². The van der Waals surface area contributed by atoms with Crippen LogP contribution in [0.5, 0.6) is 0 Å². The highest BCUT2D eigenvalue weighted by Crippen LogP contribution is 2.26. The molecule has 4 heteroatoms. The lowest BCUT2D eigenvalue weighted by atomic mass is 10.1. The lowest BCUT2D eigenvalue weighted by Crippen LogP contribution is -2.02. The molecule has 0 aliphatic carbocycles. The molecule has 0 unspecified atom stereocenters. The molecule has 2 rings (SSSR count). The van der Waals surface area contributed by atoms with Crippen molar-refractivity contribution in [1.29, 1.82) is 0 Å². The van der Waals surface area contributed by atoms with Gasteiger partial charge in [-0.25, -0.2) is 0 Å². The predicted octanol–water partition coefficient (Wildman–Crippen LogP) is 1.73. The van der Waals surface area contributed by atoms with Crippen molar-refractivity contribution in [3.8, 4) is 0 Å². The highest BCUT2D eigenvalue weighted by atomic mass is 35.5. The van der Waals surface area contributed by atoms with Gasteiger partial charge < -0.3 is 5.73 Å². The molecule has 0 spiro atoms. The van der Waals surface area contributed by atoms with E-state index in [1.165, 1.54) is 5.56 Å². The molecule has 1 heterocycles. The fourth-order valence-corrected chi connectivity index (χ4v) is 1.90. The Kier molecular flexibility index (Phi) is 2.44. The Morgan fingerprint density at radius 2 is 2.29 bits per heavy atom. The van der Waals surface area contributed by atoms with Crippen molar-refractivity contribution in [1.82, 2.24) is 9.78 Å². The molecule has 0 aliphatic rings. The summed E-state index contributed by atoms with van der Waals surface area (Å²) >= 11 is 6.14. The van der Waals surface area contributed by atoms with Crippen LogP contribution >= 0.6 is 11.6 Å². The third kappa shape index (κ3) is 1.38. The Morgan fingerprint density at radius 1 is 1.50 bits per heavy atom. The zero-order valence-electron chi connectivity index (χ0n) is 8.00. The molecule has 2 aromatic rings. The zero-order chi connectivity index (χ0) is 10.1. The highest BCUT2D eigenvalue weighted by molar-refractivity contribution is 6.34. The summed E-state index contributed by atoms with van der Waals surface area (Å²) in [5.41, 5.74) is 7.64. The number of fused-ring (bicyclic) bond motifs is 1. The number of hydrogen-bond donors (Lipinski definition) is 1. The Balaban J connectivity index is 2.71. The summed E-state index contributed by atoms with van der Waals surface area (Å²) in [6, 6.07) is 5.99. The number of hydrogen-bond acceptors (Lipinski definition) is 2. The van der Waals surface area contributed by atoms with Gasteiger partial charge in [0.05, 0.1) is 5.52 Å². The topological polar surface area (TPSA) is 43.8 Å². The summed E-state index contributed by atoms with van der Waals surface area (Å²) < 4.78 is 1.69. The summed E-state index contributed by atoms with van der Waals surface area (Å²) in [5, 5.41) is 6.01. The number of aryl methyl sites for hydroxylation is 1. The SMILES string of the molecule is Cn1nc2cccc(CCN)c2c1Cl. The molecule has 1 aromatic heterocycles. The molecule has 0 bridgehead atoms. The fourth-order valence-electron chi connectivity index (χ4n) is 1.64. The van der Waals surface area contributed by atoms with E-state index < -0.39 is 0 Å². The van der Waals surface area contributed by atoms with Gasteiger partial charge in [0.25, 0.3) is 0 Å². The standard InChI is InChI=1S/C10H12ClN3/c1-14-10(11)9-7(5-6-12)3-2-4-8(9)13-14/h2-4H,5-6,12H2,1H3. The second kappa shape index (κ2) is 3.59. The summed E-state index contributed by atoms with van der Waals surface area (Å²) in [7, 11) is 1.84. The molecule has 0 radical (unpaired) electrons. The molecule has 0 saturated heterocycles. The number of benzene rings is 1. The molecule has 1 aromatic carbocycles. The Bertz CT molecular complexity index is 462. The van der Waals surface area contributed by atoms with Gasteiger partial charge in [-0.1, -0.05) is 23.7 Å². The van der Waals surface area contributed by atoms with E-state index in [0.717, 1.165) is 17.3 Å². The van der Waals surface area contributed by atoms with Crippen molar-refractivity contribution in [3.05, 3.63) is 28.9 Å². The molecule has 0 aliphatic heterocycles. The summed E-state index contributed by atoms with van der Waals surface area (Å²) in [6.45, 7) is 0.629. The van der Waals surface area contributed by atoms with Crippen molar-refractivity contribution in [2.75, 3.05) is 6.54 Å². The third-order valence-electron chi connectivity index (χ3n) is 2.29. The van der Waals surface area contributed by atoms with Crippen molar-refractivity contribution in [3.63, 3.8) is 0 Å². The molecule has 0 amide bonds. The number of rotatable bonds is 2. The van der Waals surface area contributed by atoms with Gasteiger partial charge in [0.1, 0.15) is 5.15 Å². The zero-order valence-corrected chi connectivity index (χ0v) is 8.75. The van der Waals surface area contributed by atoms with Gasteiger partial charge in [-0.05, 0) is 24.6 Å². The van der Waals surface area contributed by atoms with Crippen molar-refractivity contribution in [2.45, 2.75) is 6.42 Å². The van der Waals surface area contributed by atoms with E-state index in [1.54, 1.807) is 4.68 Å². The van der Waals surface area contributed by atoms with E-state index in [0.29, 0.717) is 11.7 Å². The maximum Gasteiger partial charge on any atom is 0.134 e. The first kappa shape index (κ1) is 9.49. The normalized spacial score (nSPS) is 11.1. The van der Waals surface area contributed by atoms with E-state index in [-0.39, 0.29) is 0 Å². The van der Waals surface area contributed by atoms with Crippen LogP contribution in [-0.4, -0.2) is 16.3 Å². The first-order valence-corrected chi connectivity index (χ1v) is 4.92. The van der Waals surface area contributed by atoms with Gasteiger partial charge in [0, 0.05) is 12.4 Å². The number of nitrogens with zero attached hydrogens (tertiary/aromatic N) is 2. The van der Waals surface area contributed by atoms with E-state index in [4.69, 9.17) is 17.3 Å². The quantitative estimate of drug-likeness (QED) is 0.819. The van der Waals surface area contributed by atoms with Gasteiger partial charge in [-0.2, -0.15) is 5.10 Å². The van der Waals surface area contributed by atoms with E-state index in [2.05, 4.69) is 5.10 Å². The molecular weight excluding hydrogens is 198 g/mol. The summed E-state index contributed by atoms with van der Waals surface area (Å²) in [6.07, 6.45) is 0.836. The van der Waals surface area contributed by atoms with Crippen LogP contribution in [0.15, 0.2) is 18.2 Å². The lowest BCUT2D eigenvalue weighted by Gasteiger charge is -2.00. The molecule has 14 heavy (non-hydrogen) atoms. The largest absolute Gasteiger partial charge is 0.330 e. The van der Waals surface area contributed by atoms with E-state index in [1.807, 2.05) is 25.2 Å². The highest BCUT2D eigenvalue weighted by Gasteiger charge is 2.09. The summed E-state index contributed by atoms with van der Waals surface area (Å²) in [4.78, 5) is 0. The predicted molar refractivity (Wildman–Crippen MR) is 58.5 cm³/mol. The molecule has 0 atom stereocenters. The van der Waals surface area contributed by atoms with Crippen LogP contribution < -0.4 is 5.73 Å². The Labute approximate surface area is 87.5 Å². The second-order valence-electron chi connectivity index (χ2n) is 3.26. The molecular formula is C10H12ClN3. The minimum Gasteiger partial charge on any atom is -0.330 e. The number of nitrogens with two attached hydrogens (primary N) is 1. The smallest absolute Gasteiger partial charge is 0.134 e. The minimum absolute atomic E-state index is 0.629.